The number of amides is 1. The molecule has 1 heterocycles. The molecule has 1 aromatic rings. The first-order valence-electron chi connectivity index (χ1n) is 6.89. The summed E-state index contributed by atoms with van der Waals surface area (Å²) >= 11 is 0. The highest BCUT2D eigenvalue weighted by atomic mass is 16.2. The van der Waals surface area contributed by atoms with Gasteiger partial charge in [0.05, 0.1) is 6.54 Å². The molecule has 0 atom stereocenters. The number of anilines is 2. The minimum Gasteiger partial charge on any atom is -0.352 e. The number of nitrogens with zero attached hydrogens (tertiary/aromatic N) is 3. The second kappa shape index (κ2) is 7.64. The summed E-state index contributed by atoms with van der Waals surface area (Å²) in [6, 6.07) is 1.87. The summed E-state index contributed by atoms with van der Waals surface area (Å²) in [7, 11) is 0. The highest BCUT2D eigenvalue weighted by molar-refractivity contribution is 5.81. The Hall–Kier alpha value is -1.89. The van der Waals surface area contributed by atoms with E-state index in [1.165, 1.54) is 0 Å². The van der Waals surface area contributed by atoms with Gasteiger partial charge in [-0.2, -0.15) is 0 Å². The Kier molecular flexibility index (Phi) is 6.17. The van der Waals surface area contributed by atoms with Crippen molar-refractivity contribution in [1.29, 1.82) is 0 Å². The van der Waals surface area contributed by atoms with Crippen LogP contribution in [0, 0.1) is 0 Å². The maximum absolute atomic E-state index is 11.9. The normalized spacial score (nSPS) is 10.5. The lowest BCUT2D eigenvalue weighted by atomic mass is 10.3. The zero-order valence-electron chi connectivity index (χ0n) is 12.6. The van der Waals surface area contributed by atoms with Crippen molar-refractivity contribution in [2.45, 2.75) is 40.2 Å². The predicted molar refractivity (Wildman–Crippen MR) is 80.4 cm³/mol. The molecule has 7 heteroatoms. The predicted octanol–water partition coefficient (Wildman–Crippen LogP) is 0.676. The molecule has 0 aliphatic carbocycles. The van der Waals surface area contributed by atoms with Crippen molar-refractivity contribution in [3.63, 3.8) is 0 Å². The molecule has 0 radical (unpaired) electrons. The van der Waals surface area contributed by atoms with E-state index in [2.05, 4.69) is 20.7 Å². The van der Waals surface area contributed by atoms with Crippen LogP contribution >= 0.6 is 0 Å². The molecule has 112 valence electrons. The van der Waals surface area contributed by atoms with Crippen molar-refractivity contribution in [1.82, 2.24) is 15.3 Å². The number of likely N-dealkylation sites (N-methyl/N-ethyl adjacent to an activating group) is 1. The third kappa shape index (κ3) is 4.65. The molecule has 20 heavy (non-hydrogen) atoms. The van der Waals surface area contributed by atoms with Crippen molar-refractivity contribution >= 4 is 17.5 Å². The van der Waals surface area contributed by atoms with Crippen LogP contribution < -0.4 is 21.5 Å². The zero-order valence-corrected chi connectivity index (χ0v) is 12.6. The van der Waals surface area contributed by atoms with Crippen LogP contribution in [0.25, 0.3) is 0 Å². The number of nitrogens with two attached hydrogens (primary N) is 1. The van der Waals surface area contributed by atoms with Gasteiger partial charge in [-0.3, -0.25) is 4.79 Å². The number of hydrogen-bond acceptors (Lipinski definition) is 6. The summed E-state index contributed by atoms with van der Waals surface area (Å²) in [6.07, 6.45) is 0.707. The van der Waals surface area contributed by atoms with Crippen LogP contribution in [-0.2, 0) is 11.2 Å². The molecule has 0 aromatic carbocycles. The van der Waals surface area contributed by atoms with Crippen LogP contribution in [-0.4, -0.2) is 35.0 Å². The van der Waals surface area contributed by atoms with Crippen molar-refractivity contribution in [2.24, 2.45) is 5.84 Å². The van der Waals surface area contributed by atoms with Gasteiger partial charge in [-0.15, -0.1) is 0 Å². The van der Waals surface area contributed by atoms with E-state index in [1.807, 2.05) is 32.6 Å². The number of nitrogen functional groups attached to an aromatic ring is 1. The molecule has 0 bridgehead atoms. The Morgan fingerprint density at radius 3 is 2.60 bits per heavy atom. The lowest BCUT2D eigenvalue weighted by Crippen LogP contribution is -2.40. The number of hydrazine groups is 1. The van der Waals surface area contributed by atoms with Gasteiger partial charge in [0.15, 0.2) is 0 Å². The van der Waals surface area contributed by atoms with Gasteiger partial charge in [-0.1, -0.05) is 6.92 Å². The summed E-state index contributed by atoms with van der Waals surface area (Å²) in [6.45, 7) is 8.76. The topological polar surface area (TPSA) is 96.2 Å². The van der Waals surface area contributed by atoms with Crippen LogP contribution in [0.1, 0.15) is 33.5 Å². The molecular weight excluding hydrogens is 256 g/mol. The third-order valence-electron chi connectivity index (χ3n) is 2.71. The SMILES string of the molecule is CCc1nc(NN)cc(N(CC)CC(=O)NC(C)C)n1. The van der Waals surface area contributed by atoms with Gasteiger partial charge in [-0.25, -0.2) is 15.8 Å². The van der Waals surface area contributed by atoms with Gasteiger partial charge in [0.1, 0.15) is 17.5 Å². The Morgan fingerprint density at radius 2 is 2.10 bits per heavy atom. The summed E-state index contributed by atoms with van der Waals surface area (Å²) in [4.78, 5) is 22.4. The highest BCUT2D eigenvalue weighted by Crippen LogP contribution is 2.15. The fourth-order valence-electron chi connectivity index (χ4n) is 1.77. The smallest absolute Gasteiger partial charge is 0.239 e. The quantitative estimate of drug-likeness (QED) is 0.502. The first-order valence-corrected chi connectivity index (χ1v) is 6.89. The van der Waals surface area contributed by atoms with Crippen molar-refractivity contribution < 1.29 is 4.79 Å². The first-order chi connectivity index (χ1) is 9.49. The van der Waals surface area contributed by atoms with E-state index in [4.69, 9.17) is 5.84 Å². The van der Waals surface area contributed by atoms with Crippen molar-refractivity contribution in [2.75, 3.05) is 23.4 Å². The summed E-state index contributed by atoms with van der Waals surface area (Å²) in [5, 5.41) is 2.87. The molecule has 0 fully saturated rings. The number of carbonyl (C=O) groups is 1. The lowest BCUT2D eigenvalue weighted by molar-refractivity contribution is -0.120. The van der Waals surface area contributed by atoms with Crippen molar-refractivity contribution in [3.05, 3.63) is 11.9 Å². The van der Waals surface area contributed by atoms with Gasteiger partial charge in [0.2, 0.25) is 5.91 Å². The Balaban J connectivity index is 2.91. The highest BCUT2D eigenvalue weighted by Gasteiger charge is 2.14. The second-order valence-corrected chi connectivity index (χ2v) is 4.76. The minimum absolute atomic E-state index is 0.0271. The van der Waals surface area contributed by atoms with E-state index in [0.29, 0.717) is 30.4 Å². The second-order valence-electron chi connectivity index (χ2n) is 4.76. The average molecular weight is 280 g/mol. The first kappa shape index (κ1) is 16.2. The molecule has 4 N–H and O–H groups in total. The Bertz CT molecular complexity index is 426. The van der Waals surface area contributed by atoms with E-state index in [9.17, 15) is 4.79 Å². The van der Waals surface area contributed by atoms with Gasteiger partial charge in [-0.05, 0) is 20.8 Å². The average Bonchev–Trinajstić information content (AvgIpc) is 2.43. The number of hydrogen-bond donors (Lipinski definition) is 3. The maximum Gasteiger partial charge on any atom is 0.239 e. The summed E-state index contributed by atoms with van der Waals surface area (Å²) < 4.78 is 0. The van der Waals surface area contributed by atoms with E-state index >= 15 is 0 Å². The molecular formula is C13H24N6O. The van der Waals surface area contributed by atoms with E-state index < -0.39 is 0 Å². The van der Waals surface area contributed by atoms with E-state index in [1.54, 1.807) is 6.07 Å². The number of rotatable bonds is 7. The molecule has 0 spiro atoms. The monoisotopic (exact) mass is 280 g/mol. The molecule has 0 aliphatic heterocycles. The van der Waals surface area contributed by atoms with Gasteiger partial charge in [0.25, 0.3) is 0 Å². The largest absolute Gasteiger partial charge is 0.352 e. The number of nitrogens with one attached hydrogen (secondary N) is 2. The van der Waals surface area contributed by atoms with E-state index in [0.717, 1.165) is 0 Å². The molecule has 0 aliphatic rings. The minimum atomic E-state index is -0.0271. The van der Waals surface area contributed by atoms with Crippen LogP contribution in [0.5, 0.6) is 0 Å². The van der Waals surface area contributed by atoms with E-state index in [-0.39, 0.29) is 18.5 Å². The Labute approximate surface area is 119 Å². The Morgan fingerprint density at radius 1 is 1.40 bits per heavy atom. The fraction of sp³-hybridized carbons (Fsp3) is 0.615. The molecule has 0 saturated heterocycles. The molecule has 1 rings (SSSR count). The summed E-state index contributed by atoms with van der Waals surface area (Å²) in [5.74, 6) is 7.33. The molecule has 1 aromatic heterocycles. The van der Waals surface area contributed by atoms with Gasteiger partial charge < -0.3 is 15.6 Å². The van der Waals surface area contributed by atoms with Crippen molar-refractivity contribution in [3.8, 4) is 0 Å². The lowest BCUT2D eigenvalue weighted by Gasteiger charge is -2.22. The van der Waals surface area contributed by atoms with Crippen LogP contribution in [0.15, 0.2) is 6.07 Å². The zero-order chi connectivity index (χ0) is 15.1. The standard InChI is InChI=1S/C13H24N6O/c1-5-10-16-11(18-14)7-12(17-10)19(6-2)8-13(20)15-9(3)4/h7,9H,5-6,8,14H2,1-4H3,(H,15,20)(H,16,17,18). The molecule has 0 saturated carbocycles. The van der Waals surface area contributed by atoms with Gasteiger partial charge >= 0.3 is 0 Å². The van der Waals surface area contributed by atoms with Crippen LogP contribution in [0.2, 0.25) is 0 Å². The third-order valence-corrected chi connectivity index (χ3v) is 2.71. The molecule has 0 unspecified atom stereocenters. The summed E-state index contributed by atoms with van der Waals surface area (Å²) in [5.41, 5.74) is 2.53. The van der Waals surface area contributed by atoms with Gasteiger partial charge in [0, 0.05) is 25.1 Å². The molecule has 7 nitrogen and oxygen atoms in total. The number of carbonyl (C=O) groups excluding carboxylic acids is 1. The number of aromatic nitrogens is 2. The van der Waals surface area contributed by atoms with Crippen LogP contribution in [0.4, 0.5) is 11.6 Å². The fourth-order valence-corrected chi connectivity index (χ4v) is 1.77. The maximum atomic E-state index is 11.9. The number of aryl methyl sites for hydroxylation is 1. The molecule has 1 amide bonds. The van der Waals surface area contributed by atoms with Crippen LogP contribution in [0.3, 0.4) is 0 Å².